The molecular formula is C12H24F3N3O3S. The molecule has 1 aliphatic rings. The van der Waals surface area contributed by atoms with E-state index in [-0.39, 0.29) is 38.4 Å². The molecule has 2 atom stereocenters. The van der Waals surface area contributed by atoms with Gasteiger partial charge in [0.15, 0.2) is 0 Å². The minimum Gasteiger partial charge on any atom is -0.373 e. The second kappa shape index (κ2) is 7.91. The van der Waals surface area contributed by atoms with Crippen molar-refractivity contribution in [3.8, 4) is 0 Å². The van der Waals surface area contributed by atoms with Crippen molar-refractivity contribution in [2.24, 2.45) is 0 Å². The Morgan fingerprint density at radius 1 is 1.27 bits per heavy atom. The number of halogens is 3. The van der Waals surface area contributed by atoms with Crippen molar-refractivity contribution in [2.75, 3.05) is 39.8 Å². The molecule has 0 amide bonds. The molecule has 0 aromatic heterocycles. The molecule has 0 aliphatic carbocycles. The fourth-order valence-electron chi connectivity index (χ4n) is 2.35. The van der Waals surface area contributed by atoms with Gasteiger partial charge in [0.05, 0.1) is 18.8 Å². The van der Waals surface area contributed by atoms with Crippen LogP contribution in [0.4, 0.5) is 13.2 Å². The van der Waals surface area contributed by atoms with Crippen LogP contribution in [0.25, 0.3) is 0 Å². The Labute approximate surface area is 129 Å². The maximum absolute atomic E-state index is 12.1. The van der Waals surface area contributed by atoms with Gasteiger partial charge in [0, 0.05) is 19.6 Å². The number of alkyl halides is 3. The van der Waals surface area contributed by atoms with Gasteiger partial charge in [0.2, 0.25) is 0 Å². The summed E-state index contributed by atoms with van der Waals surface area (Å²) >= 11 is 0. The summed E-state index contributed by atoms with van der Waals surface area (Å²) in [5, 5.41) is 0. The summed E-state index contributed by atoms with van der Waals surface area (Å²) < 4.78 is 69.9. The molecule has 1 saturated heterocycles. The lowest BCUT2D eigenvalue weighted by Gasteiger charge is -2.34. The smallest absolute Gasteiger partial charge is 0.373 e. The maximum atomic E-state index is 12.1. The Kier molecular flexibility index (Phi) is 7.06. The van der Waals surface area contributed by atoms with Crippen LogP contribution in [-0.4, -0.2) is 75.8 Å². The van der Waals surface area contributed by atoms with Gasteiger partial charge in [-0.15, -0.1) is 0 Å². The monoisotopic (exact) mass is 347 g/mol. The Balaban J connectivity index is 2.34. The molecular weight excluding hydrogens is 323 g/mol. The van der Waals surface area contributed by atoms with Crippen LogP contribution in [0, 0.1) is 0 Å². The summed E-state index contributed by atoms with van der Waals surface area (Å²) in [7, 11) is -2.27. The van der Waals surface area contributed by atoms with E-state index in [1.54, 1.807) is 13.8 Å². The van der Waals surface area contributed by atoms with Crippen LogP contribution in [0.15, 0.2) is 0 Å². The number of nitrogens with one attached hydrogen (secondary N) is 1. The SMILES string of the molecule is C[C@@H]1CN(S(=O)(=O)NCCCN(C)CC(F)(F)F)C[C@H](C)O1. The summed E-state index contributed by atoms with van der Waals surface area (Å²) in [5.74, 6) is 0. The number of rotatable bonds is 7. The highest BCUT2D eigenvalue weighted by molar-refractivity contribution is 7.87. The quantitative estimate of drug-likeness (QED) is 0.693. The molecule has 0 aromatic carbocycles. The summed E-state index contributed by atoms with van der Waals surface area (Å²) in [6.45, 7) is 3.40. The van der Waals surface area contributed by atoms with Crippen molar-refractivity contribution in [2.45, 2.75) is 38.7 Å². The molecule has 22 heavy (non-hydrogen) atoms. The first kappa shape index (κ1) is 19.6. The Morgan fingerprint density at radius 3 is 2.32 bits per heavy atom. The lowest BCUT2D eigenvalue weighted by Crippen LogP contribution is -2.52. The van der Waals surface area contributed by atoms with Crippen molar-refractivity contribution < 1.29 is 26.3 Å². The summed E-state index contributed by atoms with van der Waals surface area (Å²) in [6.07, 6.45) is -4.30. The molecule has 0 spiro atoms. The zero-order chi connectivity index (χ0) is 17.0. The highest BCUT2D eigenvalue weighted by atomic mass is 32.2. The second-order valence-electron chi connectivity index (χ2n) is 5.68. The molecule has 6 nitrogen and oxygen atoms in total. The van der Waals surface area contributed by atoms with Gasteiger partial charge in [0.1, 0.15) is 0 Å². The summed E-state index contributed by atoms with van der Waals surface area (Å²) in [5.41, 5.74) is 0. The van der Waals surface area contributed by atoms with E-state index in [2.05, 4.69) is 4.72 Å². The molecule has 1 heterocycles. The maximum Gasteiger partial charge on any atom is 0.401 e. The van der Waals surface area contributed by atoms with Crippen LogP contribution in [0.3, 0.4) is 0 Å². The van der Waals surface area contributed by atoms with Crippen molar-refractivity contribution in [3.63, 3.8) is 0 Å². The third-order valence-electron chi connectivity index (χ3n) is 3.18. The number of hydrogen-bond acceptors (Lipinski definition) is 4. The van der Waals surface area contributed by atoms with Crippen LogP contribution < -0.4 is 4.72 Å². The van der Waals surface area contributed by atoms with Gasteiger partial charge < -0.3 is 4.74 Å². The first-order valence-electron chi connectivity index (χ1n) is 7.15. The van der Waals surface area contributed by atoms with Crippen LogP contribution in [0.5, 0.6) is 0 Å². The highest BCUT2D eigenvalue weighted by Gasteiger charge is 2.31. The van der Waals surface area contributed by atoms with E-state index < -0.39 is 22.9 Å². The predicted octanol–water partition coefficient (Wildman–Crippen LogP) is 0.814. The van der Waals surface area contributed by atoms with Crippen molar-refractivity contribution in [1.29, 1.82) is 0 Å². The largest absolute Gasteiger partial charge is 0.401 e. The van der Waals surface area contributed by atoms with Gasteiger partial charge in [-0.2, -0.15) is 25.9 Å². The van der Waals surface area contributed by atoms with Crippen molar-refractivity contribution >= 4 is 10.2 Å². The standard InChI is InChI=1S/C12H24F3N3O3S/c1-10-7-18(8-11(2)21-10)22(19,20)16-5-4-6-17(3)9-12(13,14)15/h10-11,16H,4-9H2,1-3H3/t10-,11+. The zero-order valence-corrected chi connectivity index (χ0v) is 13.9. The molecule has 0 radical (unpaired) electrons. The van der Waals surface area contributed by atoms with E-state index in [1.807, 2.05) is 0 Å². The molecule has 1 rings (SSSR count). The highest BCUT2D eigenvalue weighted by Crippen LogP contribution is 2.16. The van der Waals surface area contributed by atoms with Crippen LogP contribution in [0.1, 0.15) is 20.3 Å². The van der Waals surface area contributed by atoms with Crippen LogP contribution >= 0.6 is 0 Å². The van der Waals surface area contributed by atoms with E-state index in [0.29, 0.717) is 6.42 Å². The molecule has 10 heteroatoms. The second-order valence-corrected chi connectivity index (χ2v) is 7.44. The lowest BCUT2D eigenvalue weighted by atomic mass is 10.3. The molecule has 0 saturated carbocycles. The fraction of sp³-hybridized carbons (Fsp3) is 1.00. The summed E-state index contributed by atoms with van der Waals surface area (Å²) in [6, 6.07) is 0. The lowest BCUT2D eigenvalue weighted by molar-refractivity contribution is -0.143. The molecule has 1 aliphatic heterocycles. The number of ether oxygens (including phenoxy) is 1. The average molecular weight is 347 g/mol. The predicted molar refractivity (Wildman–Crippen MR) is 76.7 cm³/mol. The number of morpholine rings is 1. The van der Waals surface area contributed by atoms with E-state index >= 15 is 0 Å². The topological polar surface area (TPSA) is 61.9 Å². The van der Waals surface area contributed by atoms with Gasteiger partial charge in [-0.1, -0.05) is 0 Å². The normalized spacial score (nSPS) is 24.9. The minimum absolute atomic E-state index is 0.102. The van der Waals surface area contributed by atoms with Crippen molar-refractivity contribution in [1.82, 2.24) is 13.9 Å². The van der Waals surface area contributed by atoms with Gasteiger partial charge in [-0.05, 0) is 33.9 Å². The molecule has 0 bridgehead atoms. The molecule has 1 N–H and O–H groups in total. The Hall–Kier alpha value is -0.420. The van der Waals surface area contributed by atoms with Gasteiger partial charge in [-0.3, -0.25) is 4.90 Å². The average Bonchev–Trinajstić information content (AvgIpc) is 2.31. The fourth-order valence-corrected chi connectivity index (χ4v) is 3.75. The first-order valence-corrected chi connectivity index (χ1v) is 8.59. The van der Waals surface area contributed by atoms with Crippen LogP contribution in [-0.2, 0) is 14.9 Å². The van der Waals surface area contributed by atoms with Gasteiger partial charge >= 0.3 is 6.18 Å². The van der Waals surface area contributed by atoms with Gasteiger partial charge in [0.25, 0.3) is 10.2 Å². The number of hydrogen-bond donors (Lipinski definition) is 1. The zero-order valence-electron chi connectivity index (χ0n) is 13.1. The third-order valence-corrected chi connectivity index (χ3v) is 4.72. The molecule has 0 aromatic rings. The van der Waals surface area contributed by atoms with E-state index in [0.717, 1.165) is 4.90 Å². The third kappa shape index (κ3) is 7.23. The Bertz CT molecular complexity index is 435. The first-order chi connectivity index (χ1) is 9.99. The van der Waals surface area contributed by atoms with E-state index in [9.17, 15) is 21.6 Å². The number of nitrogens with zero attached hydrogens (tertiary/aromatic N) is 2. The molecule has 1 fully saturated rings. The van der Waals surface area contributed by atoms with E-state index in [4.69, 9.17) is 4.74 Å². The van der Waals surface area contributed by atoms with Gasteiger partial charge in [-0.25, -0.2) is 4.72 Å². The minimum atomic E-state index is -4.24. The Morgan fingerprint density at radius 2 is 1.82 bits per heavy atom. The van der Waals surface area contributed by atoms with Crippen molar-refractivity contribution in [3.05, 3.63) is 0 Å². The molecule has 132 valence electrons. The van der Waals surface area contributed by atoms with E-state index in [1.165, 1.54) is 11.4 Å². The van der Waals surface area contributed by atoms with Crippen LogP contribution in [0.2, 0.25) is 0 Å². The molecule has 0 unspecified atom stereocenters. The summed E-state index contributed by atoms with van der Waals surface area (Å²) in [4.78, 5) is 1.12.